The van der Waals surface area contributed by atoms with Crippen molar-refractivity contribution in [2.45, 2.75) is 33.4 Å². The first kappa shape index (κ1) is 13.8. The van der Waals surface area contributed by atoms with Crippen LogP contribution in [0.25, 0.3) is 0 Å². The number of aromatic nitrogens is 1. The summed E-state index contributed by atoms with van der Waals surface area (Å²) in [6.45, 7) is 6.05. The zero-order valence-electron chi connectivity index (χ0n) is 11.2. The number of aryl methyl sites for hydroxylation is 2. The van der Waals surface area contributed by atoms with Crippen LogP contribution in [0.4, 0.5) is 0 Å². The second kappa shape index (κ2) is 5.54. The van der Waals surface area contributed by atoms with E-state index < -0.39 is 0 Å². The summed E-state index contributed by atoms with van der Waals surface area (Å²) in [5.74, 6) is 1.47. The van der Waals surface area contributed by atoms with Crippen molar-refractivity contribution in [1.29, 1.82) is 0 Å². The zero-order valence-corrected chi connectivity index (χ0v) is 12.0. The molecule has 0 fully saturated rings. The van der Waals surface area contributed by atoms with E-state index in [1.54, 1.807) is 5.38 Å². The summed E-state index contributed by atoms with van der Waals surface area (Å²) in [5.41, 5.74) is 6.88. The predicted molar refractivity (Wildman–Crippen MR) is 74.1 cm³/mol. The average Bonchev–Trinajstić information content (AvgIpc) is 2.95. The monoisotopic (exact) mass is 279 g/mol. The van der Waals surface area contributed by atoms with E-state index >= 15 is 0 Å². The van der Waals surface area contributed by atoms with E-state index in [1.165, 1.54) is 11.3 Å². The van der Waals surface area contributed by atoms with Crippen molar-refractivity contribution in [3.05, 3.63) is 39.2 Å². The van der Waals surface area contributed by atoms with Crippen LogP contribution in [0.1, 0.15) is 45.5 Å². The normalized spacial score (nSPS) is 12.4. The van der Waals surface area contributed by atoms with Crippen molar-refractivity contribution in [2.75, 3.05) is 0 Å². The van der Waals surface area contributed by atoms with Gasteiger partial charge in [-0.05, 0) is 26.8 Å². The van der Waals surface area contributed by atoms with Crippen LogP contribution in [0.15, 0.2) is 15.9 Å². The first-order valence-corrected chi connectivity index (χ1v) is 6.91. The fourth-order valence-electron chi connectivity index (χ4n) is 1.94. The smallest absolute Gasteiger partial charge is 0.271 e. The summed E-state index contributed by atoms with van der Waals surface area (Å²) in [6.07, 6.45) is 0. The lowest BCUT2D eigenvalue weighted by molar-refractivity contribution is 0.0935. The van der Waals surface area contributed by atoms with Crippen molar-refractivity contribution in [3.8, 4) is 0 Å². The lowest BCUT2D eigenvalue weighted by Gasteiger charge is -2.11. The SMILES string of the molecule is Cc1cc(C(C)NC(=O)c2csc(CN)n2)c(C)o1. The lowest BCUT2D eigenvalue weighted by atomic mass is 10.1. The van der Waals surface area contributed by atoms with Gasteiger partial charge >= 0.3 is 0 Å². The summed E-state index contributed by atoms with van der Waals surface area (Å²) < 4.78 is 5.46. The lowest BCUT2D eigenvalue weighted by Crippen LogP contribution is -2.27. The van der Waals surface area contributed by atoms with E-state index in [0.29, 0.717) is 12.2 Å². The number of thiazole rings is 1. The Hall–Kier alpha value is -1.66. The molecule has 1 unspecified atom stereocenters. The number of furan rings is 1. The van der Waals surface area contributed by atoms with Crippen molar-refractivity contribution >= 4 is 17.2 Å². The summed E-state index contributed by atoms with van der Waals surface area (Å²) in [7, 11) is 0. The molecule has 2 heterocycles. The van der Waals surface area contributed by atoms with Crippen LogP contribution < -0.4 is 11.1 Å². The maximum Gasteiger partial charge on any atom is 0.271 e. The first-order valence-electron chi connectivity index (χ1n) is 6.03. The third-order valence-electron chi connectivity index (χ3n) is 2.85. The number of nitrogens with two attached hydrogens (primary N) is 1. The molecule has 0 aliphatic carbocycles. The molecule has 1 amide bonds. The molecule has 2 rings (SSSR count). The number of hydrogen-bond acceptors (Lipinski definition) is 5. The Morgan fingerprint density at radius 1 is 1.58 bits per heavy atom. The second-order valence-electron chi connectivity index (χ2n) is 4.39. The summed E-state index contributed by atoms with van der Waals surface area (Å²) >= 11 is 1.39. The summed E-state index contributed by atoms with van der Waals surface area (Å²) in [6, 6.07) is 1.82. The van der Waals surface area contributed by atoms with Crippen LogP contribution in [0.3, 0.4) is 0 Å². The van der Waals surface area contributed by atoms with E-state index in [1.807, 2.05) is 26.8 Å². The molecule has 0 bridgehead atoms. The Balaban J connectivity index is 2.08. The number of carbonyl (C=O) groups excluding carboxylic acids is 1. The molecular formula is C13H17N3O2S. The molecule has 0 saturated heterocycles. The molecule has 19 heavy (non-hydrogen) atoms. The second-order valence-corrected chi connectivity index (χ2v) is 5.34. The van der Waals surface area contributed by atoms with Gasteiger partial charge in [-0.25, -0.2) is 4.98 Å². The Bertz CT molecular complexity index is 588. The van der Waals surface area contributed by atoms with Gasteiger partial charge in [-0.1, -0.05) is 0 Å². The molecule has 0 saturated carbocycles. The van der Waals surface area contributed by atoms with Crippen LogP contribution in [0.2, 0.25) is 0 Å². The van der Waals surface area contributed by atoms with Crippen LogP contribution >= 0.6 is 11.3 Å². The van der Waals surface area contributed by atoms with Gasteiger partial charge in [0.1, 0.15) is 22.2 Å². The quantitative estimate of drug-likeness (QED) is 0.899. The Kier molecular flexibility index (Phi) is 4.01. The van der Waals surface area contributed by atoms with Crippen molar-refractivity contribution < 1.29 is 9.21 Å². The van der Waals surface area contributed by atoms with Gasteiger partial charge in [0.05, 0.1) is 6.04 Å². The molecule has 0 aromatic carbocycles. The number of rotatable bonds is 4. The largest absolute Gasteiger partial charge is 0.466 e. The molecule has 2 aromatic rings. The minimum Gasteiger partial charge on any atom is -0.466 e. The topological polar surface area (TPSA) is 81.2 Å². The third-order valence-corrected chi connectivity index (χ3v) is 3.72. The third kappa shape index (κ3) is 3.02. The van der Waals surface area contributed by atoms with Gasteiger partial charge in [-0.2, -0.15) is 0 Å². The Morgan fingerprint density at radius 3 is 2.84 bits per heavy atom. The van der Waals surface area contributed by atoms with Gasteiger partial charge in [0.2, 0.25) is 0 Å². The van der Waals surface area contributed by atoms with Gasteiger partial charge in [-0.15, -0.1) is 11.3 Å². The molecular weight excluding hydrogens is 262 g/mol. The van der Waals surface area contributed by atoms with Crippen LogP contribution in [0.5, 0.6) is 0 Å². The summed E-state index contributed by atoms with van der Waals surface area (Å²) in [4.78, 5) is 16.2. The van der Waals surface area contributed by atoms with Gasteiger partial charge in [0, 0.05) is 17.5 Å². The Labute approximate surface area is 115 Å². The van der Waals surface area contributed by atoms with Crippen molar-refractivity contribution in [3.63, 3.8) is 0 Å². The van der Waals surface area contributed by atoms with Crippen LogP contribution in [-0.2, 0) is 6.54 Å². The number of nitrogens with zero attached hydrogens (tertiary/aromatic N) is 1. The molecule has 1 atom stereocenters. The molecule has 3 N–H and O–H groups in total. The van der Waals surface area contributed by atoms with Gasteiger partial charge in [0.25, 0.3) is 5.91 Å². The highest BCUT2D eigenvalue weighted by atomic mass is 32.1. The minimum atomic E-state index is -0.193. The maximum atomic E-state index is 12.0. The molecule has 0 aliphatic rings. The highest BCUT2D eigenvalue weighted by molar-refractivity contribution is 7.09. The molecule has 102 valence electrons. The predicted octanol–water partition coefficient (Wildman–Crippen LogP) is 2.30. The standard InChI is InChI=1S/C13H17N3O2S/c1-7-4-10(9(3)18-7)8(2)15-13(17)11-6-19-12(5-14)16-11/h4,6,8H,5,14H2,1-3H3,(H,15,17). The molecule has 2 aromatic heterocycles. The number of nitrogens with one attached hydrogen (secondary N) is 1. The van der Waals surface area contributed by atoms with Gasteiger partial charge in [0.15, 0.2) is 0 Å². The van der Waals surface area contributed by atoms with Crippen LogP contribution in [0, 0.1) is 13.8 Å². The number of hydrogen-bond donors (Lipinski definition) is 2. The molecule has 0 radical (unpaired) electrons. The average molecular weight is 279 g/mol. The highest BCUT2D eigenvalue weighted by Crippen LogP contribution is 2.21. The van der Waals surface area contributed by atoms with E-state index in [-0.39, 0.29) is 11.9 Å². The van der Waals surface area contributed by atoms with E-state index in [4.69, 9.17) is 10.2 Å². The van der Waals surface area contributed by atoms with Crippen molar-refractivity contribution in [2.24, 2.45) is 5.73 Å². The zero-order chi connectivity index (χ0) is 14.0. The van der Waals surface area contributed by atoms with Gasteiger partial charge < -0.3 is 15.5 Å². The molecule has 0 aliphatic heterocycles. The van der Waals surface area contributed by atoms with Gasteiger partial charge in [-0.3, -0.25) is 4.79 Å². The summed E-state index contributed by atoms with van der Waals surface area (Å²) in [5, 5.41) is 5.39. The minimum absolute atomic E-state index is 0.118. The maximum absolute atomic E-state index is 12.0. The highest BCUT2D eigenvalue weighted by Gasteiger charge is 2.17. The molecule has 5 nitrogen and oxygen atoms in total. The van der Waals surface area contributed by atoms with E-state index in [9.17, 15) is 4.79 Å². The van der Waals surface area contributed by atoms with E-state index in [0.717, 1.165) is 22.1 Å². The number of amides is 1. The molecule has 0 spiro atoms. The number of carbonyl (C=O) groups is 1. The molecule has 6 heteroatoms. The van der Waals surface area contributed by atoms with E-state index in [2.05, 4.69) is 10.3 Å². The van der Waals surface area contributed by atoms with Crippen LogP contribution in [-0.4, -0.2) is 10.9 Å². The Morgan fingerprint density at radius 2 is 2.32 bits per heavy atom. The van der Waals surface area contributed by atoms with Crippen molar-refractivity contribution in [1.82, 2.24) is 10.3 Å². The first-order chi connectivity index (χ1) is 9.01. The fourth-order valence-corrected chi connectivity index (χ4v) is 2.59. The fraction of sp³-hybridized carbons (Fsp3) is 0.385.